The fourth-order valence-corrected chi connectivity index (χ4v) is 3.01. The minimum Gasteiger partial charge on any atom is -0.377 e. The molecule has 0 amide bonds. The summed E-state index contributed by atoms with van der Waals surface area (Å²) in [4.78, 5) is 4.21. The molecule has 0 N–H and O–H groups in total. The maximum absolute atomic E-state index is 12.6. The maximum atomic E-state index is 12.6. The number of benzene rings is 1. The molecule has 1 aromatic carbocycles. The molecule has 5 nitrogen and oxygen atoms in total. The Morgan fingerprint density at radius 2 is 2.00 bits per heavy atom. The van der Waals surface area contributed by atoms with Gasteiger partial charge in [-0.15, -0.1) is 0 Å². The van der Waals surface area contributed by atoms with Crippen molar-refractivity contribution in [3.63, 3.8) is 0 Å². The number of fused-ring (bicyclic) bond motifs is 1. The molecule has 0 bridgehead atoms. The van der Waals surface area contributed by atoms with Gasteiger partial charge < -0.3 is 8.92 Å². The van der Waals surface area contributed by atoms with Crippen LogP contribution in [0.1, 0.15) is 17.7 Å². The number of aryl methyl sites for hydroxylation is 1. The zero-order chi connectivity index (χ0) is 18.2. The number of aromatic nitrogens is 1. The highest BCUT2D eigenvalue weighted by Crippen LogP contribution is 2.34. The van der Waals surface area contributed by atoms with E-state index in [-0.39, 0.29) is 5.39 Å². The molecular formula is C16H14F3NO4S. The molecule has 0 atom stereocenters. The lowest BCUT2D eigenvalue weighted by Gasteiger charge is -2.16. The van der Waals surface area contributed by atoms with Crippen LogP contribution in [-0.2, 0) is 14.9 Å². The van der Waals surface area contributed by atoms with Gasteiger partial charge in [-0.1, -0.05) is 12.1 Å². The van der Waals surface area contributed by atoms with Crippen LogP contribution in [0.4, 0.5) is 13.2 Å². The Hall–Kier alpha value is -2.13. The Morgan fingerprint density at radius 1 is 1.24 bits per heavy atom. The lowest BCUT2D eigenvalue weighted by molar-refractivity contribution is -0.0499. The molecule has 0 spiro atoms. The first-order valence-corrected chi connectivity index (χ1v) is 8.77. The predicted octanol–water partition coefficient (Wildman–Crippen LogP) is 3.58. The third kappa shape index (κ3) is 3.62. The summed E-state index contributed by atoms with van der Waals surface area (Å²) in [6, 6.07) is 6.17. The molecule has 0 saturated heterocycles. The van der Waals surface area contributed by atoms with Gasteiger partial charge in [-0.2, -0.15) is 21.6 Å². The van der Waals surface area contributed by atoms with Crippen molar-refractivity contribution in [2.75, 3.05) is 13.2 Å². The largest absolute Gasteiger partial charge is 0.534 e. The van der Waals surface area contributed by atoms with Gasteiger partial charge in [0.1, 0.15) is 0 Å². The molecule has 0 radical (unpaired) electrons. The summed E-state index contributed by atoms with van der Waals surface area (Å²) in [5.41, 5.74) is -3.08. The molecule has 1 aliphatic rings. The molecule has 134 valence electrons. The lowest BCUT2D eigenvalue weighted by atomic mass is 9.99. The van der Waals surface area contributed by atoms with E-state index in [1.54, 1.807) is 25.1 Å². The third-order valence-corrected chi connectivity index (χ3v) is 4.68. The number of hydrogen-bond donors (Lipinski definition) is 0. The van der Waals surface area contributed by atoms with Crippen LogP contribution in [0.5, 0.6) is 5.75 Å². The van der Waals surface area contributed by atoms with Crippen molar-refractivity contribution >= 4 is 26.6 Å². The van der Waals surface area contributed by atoms with Gasteiger partial charge >= 0.3 is 15.6 Å². The molecule has 0 unspecified atom stereocenters. The fraction of sp³-hybridized carbons (Fsp3) is 0.312. The summed E-state index contributed by atoms with van der Waals surface area (Å²) in [7, 11) is -5.76. The van der Waals surface area contributed by atoms with Gasteiger partial charge in [0.25, 0.3) is 0 Å². The zero-order valence-corrected chi connectivity index (χ0v) is 13.9. The van der Waals surface area contributed by atoms with Crippen LogP contribution < -0.4 is 4.18 Å². The van der Waals surface area contributed by atoms with Gasteiger partial charge in [-0.05, 0) is 36.6 Å². The van der Waals surface area contributed by atoms with Crippen LogP contribution >= 0.6 is 0 Å². The van der Waals surface area contributed by atoms with Crippen molar-refractivity contribution in [2.24, 2.45) is 0 Å². The predicted molar refractivity (Wildman–Crippen MR) is 85.5 cm³/mol. The first-order valence-electron chi connectivity index (χ1n) is 7.37. The zero-order valence-electron chi connectivity index (χ0n) is 13.1. The Balaban J connectivity index is 2.12. The molecule has 0 aliphatic carbocycles. The van der Waals surface area contributed by atoms with Crippen molar-refractivity contribution in [1.29, 1.82) is 0 Å². The molecule has 25 heavy (non-hydrogen) atoms. The molecule has 2 heterocycles. The minimum atomic E-state index is -5.76. The Kier molecular flexibility index (Phi) is 4.46. The van der Waals surface area contributed by atoms with Crippen molar-refractivity contribution in [1.82, 2.24) is 4.98 Å². The van der Waals surface area contributed by atoms with Gasteiger partial charge in [-0.3, -0.25) is 4.98 Å². The second-order valence-corrected chi connectivity index (χ2v) is 7.07. The van der Waals surface area contributed by atoms with Gasteiger partial charge in [-0.25, -0.2) is 0 Å². The van der Waals surface area contributed by atoms with E-state index in [0.29, 0.717) is 30.8 Å². The molecular weight excluding hydrogens is 359 g/mol. The fourth-order valence-electron chi connectivity index (χ4n) is 2.54. The SMILES string of the molecule is Cc1cc(OS(=O)(=O)C(F)(F)F)c2cc(C3=CCOCC3)ccc2n1. The quantitative estimate of drug-likeness (QED) is 0.608. The number of rotatable bonds is 3. The molecule has 0 fully saturated rings. The number of nitrogens with zero attached hydrogens (tertiary/aromatic N) is 1. The normalized spacial score (nSPS) is 15.9. The summed E-state index contributed by atoms with van der Waals surface area (Å²) in [5.74, 6) is -0.394. The minimum absolute atomic E-state index is 0.198. The van der Waals surface area contributed by atoms with Gasteiger partial charge in [0.2, 0.25) is 0 Å². The average molecular weight is 373 g/mol. The Bertz CT molecular complexity index is 952. The lowest BCUT2D eigenvalue weighted by Crippen LogP contribution is -2.28. The summed E-state index contributed by atoms with van der Waals surface area (Å²) in [6.07, 6.45) is 2.53. The molecule has 0 saturated carbocycles. The van der Waals surface area contributed by atoms with Crippen LogP contribution in [-0.4, -0.2) is 32.1 Å². The summed E-state index contributed by atoms with van der Waals surface area (Å²) in [6.45, 7) is 2.54. The summed E-state index contributed by atoms with van der Waals surface area (Å²) in [5, 5.41) is 0.198. The summed E-state index contributed by atoms with van der Waals surface area (Å²) >= 11 is 0. The molecule has 1 aromatic heterocycles. The monoisotopic (exact) mass is 373 g/mol. The highest BCUT2D eigenvalue weighted by Gasteiger charge is 2.48. The number of pyridine rings is 1. The average Bonchev–Trinajstić information content (AvgIpc) is 2.54. The van der Waals surface area contributed by atoms with Crippen LogP contribution in [0, 0.1) is 6.92 Å². The van der Waals surface area contributed by atoms with E-state index >= 15 is 0 Å². The molecule has 3 rings (SSSR count). The molecule has 2 aromatic rings. The van der Waals surface area contributed by atoms with Crippen molar-refractivity contribution in [2.45, 2.75) is 18.9 Å². The maximum Gasteiger partial charge on any atom is 0.534 e. The van der Waals surface area contributed by atoms with Gasteiger partial charge in [0.15, 0.2) is 5.75 Å². The van der Waals surface area contributed by atoms with E-state index in [1.165, 1.54) is 6.07 Å². The van der Waals surface area contributed by atoms with Crippen molar-refractivity contribution in [3.05, 3.63) is 41.6 Å². The number of alkyl halides is 3. The van der Waals surface area contributed by atoms with Crippen molar-refractivity contribution < 1.29 is 30.5 Å². The molecule has 9 heteroatoms. The summed E-state index contributed by atoms with van der Waals surface area (Å²) < 4.78 is 70.2. The topological polar surface area (TPSA) is 65.5 Å². The smallest absolute Gasteiger partial charge is 0.377 e. The number of halogens is 3. The van der Waals surface area contributed by atoms with E-state index in [2.05, 4.69) is 9.17 Å². The number of ether oxygens (including phenoxy) is 1. The number of hydrogen-bond acceptors (Lipinski definition) is 5. The van der Waals surface area contributed by atoms with Crippen LogP contribution in [0.2, 0.25) is 0 Å². The van der Waals surface area contributed by atoms with Gasteiger partial charge in [0.05, 0.1) is 18.7 Å². The van der Waals surface area contributed by atoms with E-state index < -0.39 is 21.4 Å². The van der Waals surface area contributed by atoms with Crippen LogP contribution in [0.25, 0.3) is 16.5 Å². The standard InChI is InChI=1S/C16H14F3NO4S/c1-10-8-15(24-25(21,22)16(17,18)19)13-9-12(2-3-14(13)20-10)11-4-6-23-7-5-11/h2-4,8-9H,5-7H2,1H3. The van der Waals surface area contributed by atoms with Gasteiger partial charge in [0, 0.05) is 17.1 Å². The first-order chi connectivity index (χ1) is 11.7. The van der Waals surface area contributed by atoms with E-state index in [1.807, 2.05) is 6.08 Å². The third-order valence-electron chi connectivity index (χ3n) is 3.72. The second kappa shape index (κ2) is 6.30. The second-order valence-electron chi connectivity index (χ2n) is 5.53. The van der Waals surface area contributed by atoms with Crippen LogP contribution in [0.3, 0.4) is 0 Å². The highest BCUT2D eigenvalue weighted by atomic mass is 32.2. The van der Waals surface area contributed by atoms with E-state index in [9.17, 15) is 21.6 Å². The van der Waals surface area contributed by atoms with E-state index in [0.717, 1.165) is 11.1 Å². The first kappa shape index (κ1) is 17.7. The van der Waals surface area contributed by atoms with Crippen LogP contribution in [0.15, 0.2) is 30.3 Å². The van der Waals surface area contributed by atoms with E-state index in [4.69, 9.17) is 4.74 Å². The van der Waals surface area contributed by atoms with Crippen molar-refractivity contribution in [3.8, 4) is 5.75 Å². The Labute approximate surface area is 142 Å². The Morgan fingerprint density at radius 3 is 2.64 bits per heavy atom. The molecule has 1 aliphatic heterocycles. The highest BCUT2D eigenvalue weighted by molar-refractivity contribution is 7.88.